The van der Waals surface area contributed by atoms with Gasteiger partial charge in [-0.2, -0.15) is 17.0 Å². The van der Waals surface area contributed by atoms with E-state index in [-0.39, 0.29) is 0 Å². The van der Waals surface area contributed by atoms with Crippen LogP contribution in [-0.4, -0.2) is 50.4 Å². The van der Waals surface area contributed by atoms with Crippen molar-refractivity contribution in [3.05, 3.63) is 34.9 Å². The highest BCUT2D eigenvalue weighted by Crippen LogP contribution is 2.16. The molecule has 1 saturated heterocycles. The van der Waals surface area contributed by atoms with Crippen LogP contribution in [0.5, 0.6) is 0 Å². The Kier molecular flexibility index (Phi) is 4.80. The fourth-order valence-electron chi connectivity index (χ4n) is 2.32. The SMILES string of the molecule is Cc1ccc(CN(C)S(=O)(=O)N2CCOCC2)c(C)c1. The third kappa shape index (κ3) is 3.38. The summed E-state index contributed by atoms with van der Waals surface area (Å²) in [6.07, 6.45) is 0. The number of nitrogens with zero attached hydrogens (tertiary/aromatic N) is 2. The van der Waals surface area contributed by atoms with Crippen molar-refractivity contribution < 1.29 is 13.2 Å². The normalized spacial score (nSPS) is 17.6. The molecule has 20 heavy (non-hydrogen) atoms. The Morgan fingerprint density at radius 2 is 1.90 bits per heavy atom. The summed E-state index contributed by atoms with van der Waals surface area (Å²) in [7, 11) is -1.77. The zero-order chi connectivity index (χ0) is 14.8. The number of morpholine rings is 1. The standard InChI is InChI=1S/C14H22N2O3S/c1-12-4-5-14(13(2)10-12)11-15(3)20(17,18)16-6-8-19-9-7-16/h4-5,10H,6-9,11H2,1-3H3. The Morgan fingerprint density at radius 3 is 2.50 bits per heavy atom. The lowest BCUT2D eigenvalue weighted by Crippen LogP contribution is -2.47. The number of hydrogen-bond donors (Lipinski definition) is 0. The van der Waals surface area contributed by atoms with E-state index in [0.717, 1.165) is 11.1 Å². The first-order chi connectivity index (χ1) is 9.41. The summed E-state index contributed by atoms with van der Waals surface area (Å²) in [6.45, 7) is 6.24. The van der Waals surface area contributed by atoms with Gasteiger partial charge in [0.15, 0.2) is 0 Å². The van der Waals surface area contributed by atoms with Crippen LogP contribution in [0.3, 0.4) is 0 Å². The Labute approximate surface area is 121 Å². The van der Waals surface area contributed by atoms with Gasteiger partial charge in [0.25, 0.3) is 10.2 Å². The predicted octanol–water partition coefficient (Wildman–Crippen LogP) is 1.31. The molecule has 0 N–H and O–H groups in total. The van der Waals surface area contributed by atoms with Crippen molar-refractivity contribution in [3.63, 3.8) is 0 Å². The molecule has 0 aliphatic carbocycles. The minimum absolute atomic E-state index is 0.395. The van der Waals surface area contributed by atoms with Crippen LogP contribution in [0, 0.1) is 13.8 Å². The van der Waals surface area contributed by atoms with E-state index in [1.54, 1.807) is 7.05 Å². The third-order valence-electron chi connectivity index (χ3n) is 3.58. The molecule has 0 unspecified atom stereocenters. The van der Waals surface area contributed by atoms with E-state index >= 15 is 0 Å². The van der Waals surface area contributed by atoms with Gasteiger partial charge in [-0.05, 0) is 25.0 Å². The summed E-state index contributed by atoms with van der Waals surface area (Å²) in [5.41, 5.74) is 3.34. The molecule has 6 heteroatoms. The largest absolute Gasteiger partial charge is 0.379 e. The predicted molar refractivity (Wildman–Crippen MR) is 78.7 cm³/mol. The van der Waals surface area contributed by atoms with Gasteiger partial charge in [-0.1, -0.05) is 23.8 Å². The molecule has 0 aromatic heterocycles. The molecule has 0 amide bonds. The van der Waals surface area contributed by atoms with Gasteiger partial charge in [0, 0.05) is 26.7 Å². The summed E-state index contributed by atoms with van der Waals surface area (Å²) in [4.78, 5) is 0. The zero-order valence-electron chi connectivity index (χ0n) is 12.3. The van der Waals surface area contributed by atoms with E-state index in [0.29, 0.717) is 32.8 Å². The highest BCUT2D eigenvalue weighted by atomic mass is 32.2. The van der Waals surface area contributed by atoms with Crippen molar-refractivity contribution in [2.24, 2.45) is 0 Å². The lowest BCUT2D eigenvalue weighted by Gasteiger charge is -2.30. The van der Waals surface area contributed by atoms with Crippen LogP contribution in [-0.2, 0) is 21.5 Å². The number of ether oxygens (including phenoxy) is 1. The minimum Gasteiger partial charge on any atom is -0.379 e. The third-order valence-corrected chi connectivity index (χ3v) is 5.52. The maximum absolute atomic E-state index is 12.5. The van der Waals surface area contributed by atoms with Gasteiger partial charge < -0.3 is 4.74 Å². The smallest absolute Gasteiger partial charge is 0.282 e. The topological polar surface area (TPSA) is 49.9 Å². The summed E-state index contributed by atoms with van der Waals surface area (Å²) in [5.74, 6) is 0. The first-order valence-corrected chi connectivity index (χ1v) is 8.16. The van der Waals surface area contributed by atoms with E-state index in [1.807, 2.05) is 26.0 Å². The Morgan fingerprint density at radius 1 is 1.25 bits per heavy atom. The van der Waals surface area contributed by atoms with Crippen LogP contribution in [0.2, 0.25) is 0 Å². The van der Waals surface area contributed by atoms with Gasteiger partial charge in [0.05, 0.1) is 13.2 Å². The van der Waals surface area contributed by atoms with Crippen molar-refractivity contribution in [1.82, 2.24) is 8.61 Å². The monoisotopic (exact) mass is 298 g/mol. The lowest BCUT2D eigenvalue weighted by molar-refractivity contribution is 0.0705. The van der Waals surface area contributed by atoms with Crippen molar-refractivity contribution in [2.45, 2.75) is 20.4 Å². The summed E-state index contributed by atoms with van der Waals surface area (Å²) < 4.78 is 33.0. The fourth-order valence-corrected chi connectivity index (χ4v) is 3.63. The molecule has 0 radical (unpaired) electrons. The van der Waals surface area contributed by atoms with Crippen LogP contribution in [0.1, 0.15) is 16.7 Å². The maximum Gasteiger partial charge on any atom is 0.282 e. The second-order valence-corrected chi connectivity index (χ2v) is 7.24. The molecular formula is C14H22N2O3S. The fraction of sp³-hybridized carbons (Fsp3) is 0.571. The molecule has 112 valence electrons. The van der Waals surface area contributed by atoms with Crippen molar-refractivity contribution in [1.29, 1.82) is 0 Å². The van der Waals surface area contributed by atoms with Crippen molar-refractivity contribution in [2.75, 3.05) is 33.4 Å². The average molecular weight is 298 g/mol. The molecule has 0 spiro atoms. The molecule has 1 aromatic carbocycles. The van der Waals surface area contributed by atoms with Crippen molar-refractivity contribution >= 4 is 10.2 Å². The quantitative estimate of drug-likeness (QED) is 0.842. The molecule has 5 nitrogen and oxygen atoms in total. The summed E-state index contributed by atoms with van der Waals surface area (Å²) >= 11 is 0. The van der Waals surface area contributed by atoms with Gasteiger partial charge in [-0.3, -0.25) is 0 Å². The maximum atomic E-state index is 12.5. The second-order valence-electron chi connectivity index (χ2n) is 5.21. The number of aryl methyl sites for hydroxylation is 2. The Hall–Kier alpha value is -0.950. The molecule has 2 rings (SSSR count). The van der Waals surface area contributed by atoms with E-state index in [9.17, 15) is 8.42 Å². The van der Waals surface area contributed by atoms with Crippen LogP contribution in [0.15, 0.2) is 18.2 Å². The van der Waals surface area contributed by atoms with Gasteiger partial charge >= 0.3 is 0 Å². The second kappa shape index (κ2) is 6.22. The van der Waals surface area contributed by atoms with Crippen molar-refractivity contribution in [3.8, 4) is 0 Å². The molecule has 1 aliphatic heterocycles. The Balaban J connectivity index is 2.12. The number of hydrogen-bond acceptors (Lipinski definition) is 3. The average Bonchev–Trinajstić information content (AvgIpc) is 2.42. The first-order valence-electron chi connectivity index (χ1n) is 6.76. The van der Waals surface area contributed by atoms with E-state index in [1.165, 1.54) is 14.2 Å². The minimum atomic E-state index is -3.40. The molecule has 0 saturated carbocycles. The first kappa shape index (κ1) is 15.4. The van der Waals surface area contributed by atoms with Crippen LogP contribution >= 0.6 is 0 Å². The molecule has 0 atom stereocenters. The van der Waals surface area contributed by atoms with Crippen LogP contribution in [0.4, 0.5) is 0 Å². The molecule has 1 heterocycles. The summed E-state index contributed by atoms with van der Waals surface area (Å²) in [6, 6.07) is 6.08. The van der Waals surface area contributed by atoms with Gasteiger partial charge in [0.1, 0.15) is 0 Å². The molecule has 1 aromatic rings. The molecule has 1 aliphatic rings. The van der Waals surface area contributed by atoms with E-state index < -0.39 is 10.2 Å². The number of rotatable bonds is 4. The lowest BCUT2D eigenvalue weighted by atomic mass is 10.1. The van der Waals surface area contributed by atoms with Crippen LogP contribution in [0.25, 0.3) is 0 Å². The van der Waals surface area contributed by atoms with Gasteiger partial charge in [-0.15, -0.1) is 0 Å². The highest BCUT2D eigenvalue weighted by Gasteiger charge is 2.28. The van der Waals surface area contributed by atoms with Crippen LogP contribution < -0.4 is 0 Å². The highest BCUT2D eigenvalue weighted by molar-refractivity contribution is 7.86. The van der Waals surface area contributed by atoms with E-state index in [2.05, 4.69) is 6.07 Å². The van der Waals surface area contributed by atoms with Gasteiger partial charge in [0.2, 0.25) is 0 Å². The Bertz CT molecular complexity index is 566. The summed E-state index contributed by atoms with van der Waals surface area (Å²) in [5, 5.41) is 0. The molecular weight excluding hydrogens is 276 g/mol. The number of benzene rings is 1. The molecule has 0 bridgehead atoms. The molecule has 1 fully saturated rings. The zero-order valence-corrected chi connectivity index (χ0v) is 13.1. The van der Waals surface area contributed by atoms with Gasteiger partial charge in [-0.25, -0.2) is 0 Å². The van der Waals surface area contributed by atoms with E-state index in [4.69, 9.17) is 4.74 Å².